The van der Waals surface area contributed by atoms with Crippen molar-refractivity contribution in [2.24, 2.45) is 5.92 Å². The second-order valence-corrected chi connectivity index (χ2v) is 4.31. The van der Waals surface area contributed by atoms with E-state index in [0.29, 0.717) is 11.8 Å². The predicted octanol–water partition coefficient (Wildman–Crippen LogP) is 4.83. The molecule has 1 heteroatoms. The minimum Gasteiger partial charge on any atom is -0.399 e. The number of hydrogen-bond donors (Lipinski definition) is 1. The van der Waals surface area contributed by atoms with Crippen molar-refractivity contribution in [3.8, 4) is 0 Å². The maximum Gasteiger partial charge on any atom is 0.0314 e. The lowest BCUT2D eigenvalue weighted by Gasteiger charge is -2.20. The average molecular weight is 221 g/mol. The summed E-state index contributed by atoms with van der Waals surface area (Å²) in [6.07, 6.45) is 2.51. The molecule has 0 saturated carbocycles. The molecule has 0 saturated heterocycles. The van der Waals surface area contributed by atoms with Gasteiger partial charge in [-0.3, -0.25) is 0 Å². The highest BCUT2D eigenvalue weighted by atomic mass is 14.5. The van der Waals surface area contributed by atoms with E-state index in [4.69, 9.17) is 5.73 Å². The monoisotopic (exact) mass is 221 g/mol. The summed E-state index contributed by atoms with van der Waals surface area (Å²) in [7, 11) is 0. The topological polar surface area (TPSA) is 26.0 Å². The quantitative estimate of drug-likeness (QED) is 0.724. The predicted molar refractivity (Wildman–Crippen MR) is 74.7 cm³/mol. The molecule has 0 aliphatic rings. The second kappa shape index (κ2) is 8.20. The molecule has 1 rings (SSSR count). The second-order valence-electron chi connectivity index (χ2n) is 4.31. The van der Waals surface area contributed by atoms with Crippen molar-refractivity contribution < 1.29 is 0 Å². The highest BCUT2D eigenvalue weighted by molar-refractivity contribution is 5.40. The van der Waals surface area contributed by atoms with Crippen LogP contribution in [0.2, 0.25) is 0 Å². The molecule has 92 valence electrons. The van der Waals surface area contributed by atoms with E-state index in [2.05, 4.69) is 32.9 Å². The SMILES string of the molecule is CC.CCCC(c1ccc(N)cc1)C(C)C. The molecule has 0 radical (unpaired) electrons. The minimum atomic E-state index is 0.681. The molecule has 0 spiro atoms. The molecule has 1 aromatic rings. The van der Waals surface area contributed by atoms with E-state index < -0.39 is 0 Å². The van der Waals surface area contributed by atoms with Crippen molar-refractivity contribution in [2.75, 3.05) is 5.73 Å². The van der Waals surface area contributed by atoms with Crippen molar-refractivity contribution in [2.45, 2.75) is 53.4 Å². The fourth-order valence-corrected chi connectivity index (χ4v) is 1.94. The summed E-state index contributed by atoms with van der Waals surface area (Å²) >= 11 is 0. The molecule has 0 fully saturated rings. The van der Waals surface area contributed by atoms with Gasteiger partial charge in [-0.25, -0.2) is 0 Å². The van der Waals surface area contributed by atoms with Crippen LogP contribution in [0.1, 0.15) is 58.9 Å². The highest BCUT2D eigenvalue weighted by Crippen LogP contribution is 2.29. The van der Waals surface area contributed by atoms with Gasteiger partial charge in [0.15, 0.2) is 0 Å². The van der Waals surface area contributed by atoms with Crippen molar-refractivity contribution >= 4 is 5.69 Å². The number of nitrogens with two attached hydrogens (primary N) is 1. The van der Waals surface area contributed by atoms with Gasteiger partial charge in [0.05, 0.1) is 0 Å². The Kier molecular flexibility index (Phi) is 7.70. The van der Waals surface area contributed by atoms with E-state index in [0.717, 1.165) is 5.69 Å². The van der Waals surface area contributed by atoms with Gasteiger partial charge in [0.2, 0.25) is 0 Å². The summed E-state index contributed by atoms with van der Waals surface area (Å²) in [6, 6.07) is 8.33. The highest BCUT2D eigenvalue weighted by Gasteiger charge is 2.14. The van der Waals surface area contributed by atoms with Gasteiger partial charge in [0.1, 0.15) is 0 Å². The summed E-state index contributed by atoms with van der Waals surface area (Å²) in [4.78, 5) is 0. The maximum absolute atomic E-state index is 5.68. The lowest BCUT2D eigenvalue weighted by molar-refractivity contribution is 0.463. The van der Waals surface area contributed by atoms with E-state index in [-0.39, 0.29) is 0 Å². The molecule has 16 heavy (non-hydrogen) atoms. The fourth-order valence-electron chi connectivity index (χ4n) is 1.94. The number of anilines is 1. The first-order valence-electron chi connectivity index (χ1n) is 6.50. The maximum atomic E-state index is 5.68. The Labute approximate surface area is 101 Å². The van der Waals surface area contributed by atoms with Gasteiger partial charge in [-0.1, -0.05) is 53.2 Å². The van der Waals surface area contributed by atoms with Crippen LogP contribution in [0.25, 0.3) is 0 Å². The van der Waals surface area contributed by atoms with Gasteiger partial charge in [-0.05, 0) is 36.0 Å². The van der Waals surface area contributed by atoms with Crippen molar-refractivity contribution in [3.63, 3.8) is 0 Å². The molecule has 0 aliphatic heterocycles. The van der Waals surface area contributed by atoms with Gasteiger partial charge in [-0.15, -0.1) is 0 Å². The van der Waals surface area contributed by atoms with E-state index in [9.17, 15) is 0 Å². The molecule has 0 heterocycles. The van der Waals surface area contributed by atoms with E-state index >= 15 is 0 Å². The molecule has 1 unspecified atom stereocenters. The Hall–Kier alpha value is -0.980. The van der Waals surface area contributed by atoms with E-state index in [1.54, 1.807) is 0 Å². The number of nitrogen functional groups attached to an aromatic ring is 1. The minimum absolute atomic E-state index is 0.681. The molecule has 0 aliphatic carbocycles. The normalized spacial score (nSPS) is 11.9. The van der Waals surface area contributed by atoms with Gasteiger partial charge in [-0.2, -0.15) is 0 Å². The van der Waals surface area contributed by atoms with Gasteiger partial charge >= 0.3 is 0 Å². The molecule has 0 amide bonds. The van der Waals surface area contributed by atoms with Gasteiger partial charge < -0.3 is 5.73 Å². The molecule has 1 atom stereocenters. The van der Waals surface area contributed by atoms with Crippen molar-refractivity contribution in [1.29, 1.82) is 0 Å². The zero-order valence-electron chi connectivity index (χ0n) is 11.5. The van der Waals surface area contributed by atoms with Crippen LogP contribution in [0, 0.1) is 5.92 Å². The molecule has 1 aromatic carbocycles. The van der Waals surface area contributed by atoms with Crippen LogP contribution in [0.4, 0.5) is 5.69 Å². The average Bonchev–Trinajstić information content (AvgIpc) is 2.30. The summed E-state index contributed by atoms with van der Waals surface area (Å²) in [6.45, 7) is 10.8. The zero-order valence-corrected chi connectivity index (χ0v) is 11.5. The Morgan fingerprint density at radius 2 is 1.56 bits per heavy atom. The molecule has 1 nitrogen and oxygen atoms in total. The van der Waals surface area contributed by atoms with Crippen LogP contribution in [0.3, 0.4) is 0 Å². The summed E-state index contributed by atoms with van der Waals surface area (Å²) in [5.74, 6) is 1.39. The zero-order chi connectivity index (χ0) is 12.6. The first kappa shape index (κ1) is 15.0. The third-order valence-electron chi connectivity index (χ3n) is 2.77. The molecular weight excluding hydrogens is 194 g/mol. The lowest BCUT2D eigenvalue weighted by atomic mass is 9.85. The largest absolute Gasteiger partial charge is 0.399 e. The van der Waals surface area contributed by atoms with Crippen LogP contribution in [-0.2, 0) is 0 Å². The fraction of sp³-hybridized carbons (Fsp3) is 0.600. The lowest BCUT2D eigenvalue weighted by Crippen LogP contribution is -2.06. The third-order valence-corrected chi connectivity index (χ3v) is 2.77. The Morgan fingerprint density at radius 1 is 1.06 bits per heavy atom. The molecule has 2 N–H and O–H groups in total. The van der Waals surface area contributed by atoms with Crippen LogP contribution in [0.5, 0.6) is 0 Å². The molecular formula is C15H27N. The standard InChI is InChI=1S/C13H21N.C2H6/c1-4-5-13(10(2)3)11-6-8-12(14)9-7-11;1-2/h6-10,13H,4-5,14H2,1-3H3;1-2H3. The summed E-state index contributed by atoms with van der Waals surface area (Å²) in [5.41, 5.74) is 7.96. The Bertz CT molecular complexity index is 261. The van der Waals surface area contributed by atoms with E-state index in [1.165, 1.54) is 18.4 Å². The van der Waals surface area contributed by atoms with Crippen LogP contribution in [0.15, 0.2) is 24.3 Å². The number of rotatable bonds is 4. The first-order chi connectivity index (χ1) is 7.65. The summed E-state index contributed by atoms with van der Waals surface area (Å²) < 4.78 is 0. The number of benzene rings is 1. The number of hydrogen-bond acceptors (Lipinski definition) is 1. The first-order valence-corrected chi connectivity index (χ1v) is 6.50. The molecule has 0 bridgehead atoms. The van der Waals surface area contributed by atoms with Gasteiger partial charge in [0, 0.05) is 5.69 Å². The van der Waals surface area contributed by atoms with Gasteiger partial charge in [0.25, 0.3) is 0 Å². The van der Waals surface area contributed by atoms with Crippen LogP contribution >= 0.6 is 0 Å². The van der Waals surface area contributed by atoms with Crippen molar-refractivity contribution in [3.05, 3.63) is 29.8 Å². The Balaban J connectivity index is 0.00000106. The molecule has 0 aromatic heterocycles. The van der Waals surface area contributed by atoms with Crippen LogP contribution < -0.4 is 5.73 Å². The smallest absolute Gasteiger partial charge is 0.0314 e. The van der Waals surface area contributed by atoms with E-state index in [1.807, 2.05) is 26.0 Å². The van der Waals surface area contributed by atoms with Crippen molar-refractivity contribution in [1.82, 2.24) is 0 Å². The third kappa shape index (κ3) is 4.69. The Morgan fingerprint density at radius 3 is 1.94 bits per heavy atom. The summed E-state index contributed by atoms with van der Waals surface area (Å²) in [5, 5.41) is 0. The van der Waals surface area contributed by atoms with Crippen LogP contribution in [-0.4, -0.2) is 0 Å².